The summed E-state index contributed by atoms with van der Waals surface area (Å²) in [5.41, 5.74) is 0. The third kappa shape index (κ3) is 5.18. The highest BCUT2D eigenvalue weighted by Crippen LogP contribution is 2.18. The summed E-state index contributed by atoms with van der Waals surface area (Å²) in [5, 5.41) is 12.6. The van der Waals surface area contributed by atoms with E-state index in [-0.39, 0.29) is 6.04 Å². The predicted octanol–water partition coefficient (Wildman–Crippen LogP) is 3.24. The molecule has 0 aliphatic heterocycles. The van der Waals surface area contributed by atoms with Gasteiger partial charge in [-0.05, 0) is 25.2 Å². The Morgan fingerprint density at radius 3 is 2.27 bits per heavy atom. The van der Waals surface area contributed by atoms with E-state index in [1.165, 1.54) is 38.5 Å². The Labute approximate surface area is 94.1 Å². The molecule has 2 nitrogen and oxygen atoms in total. The van der Waals surface area contributed by atoms with Gasteiger partial charge in [0.1, 0.15) is 0 Å². The van der Waals surface area contributed by atoms with E-state index in [2.05, 4.69) is 25.2 Å². The minimum Gasteiger partial charge on any atom is -0.299 e. The fourth-order valence-corrected chi connectivity index (χ4v) is 2.36. The van der Waals surface area contributed by atoms with Crippen molar-refractivity contribution in [1.82, 2.24) is 5.32 Å². The van der Waals surface area contributed by atoms with E-state index >= 15 is 0 Å². The number of hydrogen-bond donors (Lipinski definition) is 1. The largest absolute Gasteiger partial charge is 0.299 e. The van der Waals surface area contributed by atoms with Gasteiger partial charge in [-0.3, -0.25) is 5.32 Å². The molecule has 0 aromatic carbocycles. The summed E-state index contributed by atoms with van der Waals surface area (Å²) in [4.78, 5) is 0. The molecule has 1 N–H and O–H groups in total. The predicted molar refractivity (Wildman–Crippen MR) is 63.5 cm³/mol. The van der Waals surface area contributed by atoms with Gasteiger partial charge in [0.15, 0.2) is 0 Å². The molecular formula is C13H24N2. The van der Waals surface area contributed by atoms with Crippen molar-refractivity contribution >= 4 is 0 Å². The summed E-state index contributed by atoms with van der Waals surface area (Å²) >= 11 is 0. The Hall–Kier alpha value is -0.550. The lowest BCUT2D eigenvalue weighted by molar-refractivity contribution is 0.392. The fraction of sp³-hybridized carbons (Fsp3) is 0.923. The van der Waals surface area contributed by atoms with Crippen molar-refractivity contribution in [2.24, 2.45) is 5.92 Å². The van der Waals surface area contributed by atoms with Crippen LogP contribution < -0.4 is 5.32 Å². The molecule has 0 radical (unpaired) electrons. The number of hydrogen-bond acceptors (Lipinski definition) is 2. The van der Waals surface area contributed by atoms with Crippen molar-refractivity contribution in [3.63, 3.8) is 0 Å². The zero-order valence-electron chi connectivity index (χ0n) is 10.1. The first-order chi connectivity index (χ1) is 7.22. The maximum absolute atomic E-state index is 9.06. The van der Waals surface area contributed by atoms with E-state index in [1.807, 2.05) is 0 Å². The van der Waals surface area contributed by atoms with Crippen LogP contribution in [0.1, 0.15) is 58.8 Å². The monoisotopic (exact) mass is 208 g/mol. The summed E-state index contributed by atoms with van der Waals surface area (Å²) in [5.74, 6) is 0.605. The lowest BCUT2D eigenvalue weighted by atomic mass is 10.0. The quantitative estimate of drug-likeness (QED) is 0.720. The molecule has 1 aliphatic carbocycles. The standard InChI is InChI=1S/C13H24N2/c1-11(2)9-13(10-14)15-12-7-5-3-4-6-8-12/h11-13,15H,3-9H2,1-2H3. The second kappa shape index (κ2) is 6.85. The van der Waals surface area contributed by atoms with Crippen molar-refractivity contribution in [2.75, 3.05) is 0 Å². The summed E-state index contributed by atoms with van der Waals surface area (Å²) in [7, 11) is 0. The molecule has 0 spiro atoms. The van der Waals surface area contributed by atoms with Crippen molar-refractivity contribution < 1.29 is 0 Å². The van der Waals surface area contributed by atoms with Gasteiger partial charge in [0.2, 0.25) is 0 Å². The van der Waals surface area contributed by atoms with Gasteiger partial charge >= 0.3 is 0 Å². The molecule has 0 bridgehead atoms. The van der Waals surface area contributed by atoms with Crippen LogP contribution in [0.25, 0.3) is 0 Å². The smallest absolute Gasteiger partial charge is 0.0957 e. The third-order valence-electron chi connectivity index (χ3n) is 3.16. The van der Waals surface area contributed by atoms with E-state index in [9.17, 15) is 0 Å². The van der Waals surface area contributed by atoms with Gasteiger partial charge in [-0.15, -0.1) is 0 Å². The number of nitriles is 1. The minimum atomic E-state index is 0.0631. The molecule has 86 valence electrons. The molecule has 1 fully saturated rings. The van der Waals surface area contributed by atoms with Crippen LogP contribution in [0.5, 0.6) is 0 Å². The van der Waals surface area contributed by atoms with Gasteiger partial charge in [0.05, 0.1) is 12.1 Å². The molecule has 15 heavy (non-hydrogen) atoms. The Morgan fingerprint density at radius 2 is 1.80 bits per heavy atom. The van der Waals surface area contributed by atoms with Crippen LogP contribution in [0.3, 0.4) is 0 Å². The van der Waals surface area contributed by atoms with E-state index < -0.39 is 0 Å². The number of nitrogens with one attached hydrogen (secondary N) is 1. The molecule has 1 aliphatic rings. The zero-order chi connectivity index (χ0) is 11.1. The van der Waals surface area contributed by atoms with Crippen LogP contribution in [-0.4, -0.2) is 12.1 Å². The van der Waals surface area contributed by atoms with Gasteiger partial charge in [-0.25, -0.2) is 0 Å². The highest BCUT2D eigenvalue weighted by Gasteiger charge is 2.17. The normalized spacial score (nSPS) is 20.9. The van der Waals surface area contributed by atoms with Crippen LogP contribution in [0, 0.1) is 17.2 Å². The molecule has 1 atom stereocenters. The van der Waals surface area contributed by atoms with Crippen molar-refractivity contribution in [1.29, 1.82) is 5.26 Å². The summed E-state index contributed by atoms with van der Waals surface area (Å²) in [6.45, 7) is 4.36. The lowest BCUT2D eigenvalue weighted by Crippen LogP contribution is -2.37. The average molecular weight is 208 g/mol. The molecule has 0 heterocycles. The van der Waals surface area contributed by atoms with E-state index in [1.54, 1.807) is 0 Å². The minimum absolute atomic E-state index is 0.0631. The maximum atomic E-state index is 9.06. The number of nitrogens with zero attached hydrogens (tertiary/aromatic N) is 1. The Kier molecular flexibility index (Phi) is 5.71. The fourth-order valence-electron chi connectivity index (χ4n) is 2.36. The topological polar surface area (TPSA) is 35.8 Å². The van der Waals surface area contributed by atoms with Gasteiger partial charge in [0.25, 0.3) is 0 Å². The molecule has 1 unspecified atom stereocenters. The first-order valence-corrected chi connectivity index (χ1v) is 6.38. The molecular weight excluding hydrogens is 184 g/mol. The maximum Gasteiger partial charge on any atom is 0.0957 e. The lowest BCUT2D eigenvalue weighted by Gasteiger charge is -2.21. The van der Waals surface area contributed by atoms with Crippen molar-refractivity contribution in [3.8, 4) is 6.07 Å². The van der Waals surface area contributed by atoms with E-state index in [0.29, 0.717) is 12.0 Å². The molecule has 2 heteroatoms. The Morgan fingerprint density at radius 1 is 1.20 bits per heavy atom. The molecule has 0 aromatic rings. The Balaban J connectivity index is 2.33. The first kappa shape index (κ1) is 12.5. The molecule has 0 amide bonds. The Bertz CT molecular complexity index is 197. The highest BCUT2D eigenvalue weighted by molar-refractivity contribution is 4.92. The molecule has 1 saturated carbocycles. The van der Waals surface area contributed by atoms with Crippen molar-refractivity contribution in [3.05, 3.63) is 0 Å². The van der Waals surface area contributed by atoms with Crippen LogP contribution in [0.2, 0.25) is 0 Å². The van der Waals surface area contributed by atoms with Gasteiger partial charge in [0, 0.05) is 6.04 Å². The summed E-state index contributed by atoms with van der Waals surface area (Å²) in [6, 6.07) is 3.05. The molecule has 0 saturated heterocycles. The van der Waals surface area contributed by atoms with Gasteiger partial charge in [-0.1, -0.05) is 39.5 Å². The first-order valence-electron chi connectivity index (χ1n) is 6.38. The average Bonchev–Trinajstić information content (AvgIpc) is 2.44. The molecule has 0 aromatic heterocycles. The third-order valence-corrected chi connectivity index (χ3v) is 3.16. The zero-order valence-corrected chi connectivity index (χ0v) is 10.1. The highest BCUT2D eigenvalue weighted by atomic mass is 14.9. The molecule has 1 rings (SSSR count). The van der Waals surface area contributed by atoms with Crippen molar-refractivity contribution in [2.45, 2.75) is 70.9 Å². The summed E-state index contributed by atoms with van der Waals surface area (Å²) < 4.78 is 0. The van der Waals surface area contributed by atoms with Crippen LogP contribution in [0.4, 0.5) is 0 Å². The number of rotatable bonds is 4. The van der Waals surface area contributed by atoms with Gasteiger partial charge < -0.3 is 0 Å². The second-order valence-corrected chi connectivity index (χ2v) is 5.17. The van der Waals surface area contributed by atoms with Crippen LogP contribution in [-0.2, 0) is 0 Å². The van der Waals surface area contributed by atoms with Crippen LogP contribution >= 0.6 is 0 Å². The summed E-state index contributed by atoms with van der Waals surface area (Å²) in [6.07, 6.45) is 8.91. The van der Waals surface area contributed by atoms with E-state index in [4.69, 9.17) is 5.26 Å². The van der Waals surface area contributed by atoms with Crippen LogP contribution in [0.15, 0.2) is 0 Å². The SMILES string of the molecule is CC(C)CC(C#N)NC1CCCCCC1. The van der Waals surface area contributed by atoms with Gasteiger partial charge in [-0.2, -0.15) is 5.26 Å². The second-order valence-electron chi connectivity index (χ2n) is 5.17. The van der Waals surface area contributed by atoms with E-state index in [0.717, 1.165) is 6.42 Å².